The van der Waals surface area contributed by atoms with Crippen molar-refractivity contribution in [1.82, 2.24) is 10.3 Å². The molecule has 1 aromatic rings. The summed E-state index contributed by atoms with van der Waals surface area (Å²) < 4.78 is 0. The first-order valence-corrected chi connectivity index (χ1v) is 7.35. The van der Waals surface area contributed by atoms with Gasteiger partial charge >= 0.3 is 0 Å². The second kappa shape index (κ2) is 5.59. The molecule has 1 N–H and O–H groups in total. The van der Waals surface area contributed by atoms with Crippen LogP contribution in [0.3, 0.4) is 0 Å². The van der Waals surface area contributed by atoms with Crippen molar-refractivity contribution in [2.75, 3.05) is 18.0 Å². The molecule has 0 bridgehead atoms. The van der Waals surface area contributed by atoms with Gasteiger partial charge in [0, 0.05) is 25.3 Å². The van der Waals surface area contributed by atoms with Gasteiger partial charge in [0.15, 0.2) is 0 Å². The van der Waals surface area contributed by atoms with Crippen molar-refractivity contribution >= 4 is 11.7 Å². The fourth-order valence-corrected chi connectivity index (χ4v) is 2.60. The summed E-state index contributed by atoms with van der Waals surface area (Å²) >= 11 is 0. The molecule has 0 atom stereocenters. The van der Waals surface area contributed by atoms with Crippen molar-refractivity contribution in [1.29, 1.82) is 0 Å². The Kier molecular flexibility index (Phi) is 3.67. The molecule has 102 valence electrons. The van der Waals surface area contributed by atoms with E-state index in [2.05, 4.69) is 15.2 Å². The van der Waals surface area contributed by atoms with Gasteiger partial charge in [0.1, 0.15) is 5.82 Å². The Bertz CT molecular complexity index is 448. The van der Waals surface area contributed by atoms with E-state index >= 15 is 0 Å². The van der Waals surface area contributed by atoms with Gasteiger partial charge in [0.25, 0.3) is 5.91 Å². The van der Waals surface area contributed by atoms with Crippen LogP contribution in [0.2, 0.25) is 0 Å². The van der Waals surface area contributed by atoms with E-state index in [4.69, 9.17) is 0 Å². The van der Waals surface area contributed by atoms with Crippen LogP contribution in [0.5, 0.6) is 0 Å². The third-order valence-corrected chi connectivity index (χ3v) is 3.85. The molecule has 1 amide bonds. The lowest BCUT2D eigenvalue weighted by Crippen LogP contribution is -2.31. The van der Waals surface area contributed by atoms with Crippen molar-refractivity contribution in [3.63, 3.8) is 0 Å². The van der Waals surface area contributed by atoms with Crippen LogP contribution in [0.4, 0.5) is 5.82 Å². The van der Waals surface area contributed by atoms with Crippen molar-refractivity contribution < 1.29 is 4.79 Å². The maximum absolute atomic E-state index is 12.3. The number of amides is 1. The van der Waals surface area contributed by atoms with Gasteiger partial charge in [-0.2, -0.15) is 0 Å². The normalized spacial score (nSPS) is 19.9. The van der Waals surface area contributed by atoms with Crippen LogP contribution in [-0.2, 0) is 0 Å². The summed E-state index contributed by atoms with van der Waals surface area (Å²) in [6.07, 6.45) is 8.98. The third-order valence-electron chi connectivity index (χ3n) is 3.85. The second-order valence-corrected chi connectivity index (χ2v) is 5.52. The minimum Gasteiger partial charge on any atom is -0.356 e. The van der Waals surface area contributed by atoms with Crippen LogP contribution in [0, 0.1) is 0 Å². The highest BCUT2D eigenvalue weighted by atomic mass is 16.1. The minimum absolute atomic E-state index is 0.0369. The largest absolute Gasteiger partial charge is 0.356 e. The quantitative estimate of drug-likeness (QED) is 0.906. The van der Waals surface area contributed by atoms with Crippen LogP contribution in [-0.4, -0.2) is 30.0 Å². The van der Waals surface area contributed by atoms with E-state index in [1.165, 1.54) is 25.7 Å². The molecular formula is C15H21N3O. The maximum atomic E-state index is 12.3. The van der Waals surface area contributed by atoms with E-state index in [1.807, 2.05) is 12.1 Å². The highest BCUT2D eigenvalue weighted by Gasteiger charge is 2.26. The summed E-state index contributed by atoms with van der Waals surface area (Å²) in [4.78, 5) is 19.0. The van der Waals surface area contributed by atoms with Gasteiger partial charge in [-0.15, -0.1) is 0 Å². The summed E-state index contributed by atoms with van der Waals surface area (Å²) in [5.74, 6) is 0.900. The zero-order valence-electron chi connectivity index (χ0n) is 11.3. The Morgan fingerprint density at radius 3 is 2.63 bits per heavy atom. The monoisotopic (exact) mass is 259 g/mol. The number of pyridine rings is 1. The molecule has 0 spiro atoms. The SMILES string of the molecule is O=C(NC1CC1)c1cccnc1N1CCCCCC1. The van der Waals surface area contributed by atoms with E-state index in [-0.39, 0.29) is 5.91 Å². The van der Waals surface area contributed by atoms with Gasteiger partial charge in [-0.25, -0.2) is 4.98 Å². The number of rotatable bonds is 3. The van der Waals surface area contributed by atoms with Gasteiger partial charge in [-0.1, -0.05) is 12.8 Å². The molecule has 0 unspecified atom stereocenters. The van der Waals surface area contributed by atoms with E-state index in [9.17, 15) is 4.79 Å². The maximum Gasteiger partial charge on any atom is 0.255 e. The van der Waals surface area contributed by atoms with Crippen LogP contribution in [0.25, 0.3) is 0 Å². The molecular weight excluding hydrogens is 238 g/mol. The second-order valence-electron chi connectivity index (χ2n) is 5.52. The first-order chi connectivity index (χ1) is 9.34. The Hall–Kier alpha value is -1.58. The van der Waals surface area contributed by atoms with Crippen LogP contribution >= 0.6 is 0 Å². The number of nitrogens with one attached hydrogen (secondary N) is 1. The molecule has 4 heteroatoms. The van der Waals surface area contributed by atoms with E-state index in [1.54, 1.807) is 6.20 Å². The first kappa shape index (κ1) is 12.5. The first-order valence-electron chi connectivity index (χ1n) is 7.35. The summed E-state index contributed by atoms with van der Waals surface area (Å²) in [5.41, 5.74) is 0.733. The Morgan fingerprint density at radius 2 is 1.95 bits per heavy atom. The van der Waals surface area contributed by atoms with Gasteiger partial charge in [0.2, 0.25) is 0 Å². The lowest BCUT2D eigenvalue weighted by Gasteiger charge is -2.23. The Morgan fingerprint density at radius 1 is 1.21 bits per heavy atom. The molecule has 1 aromatic heterocycles. The molecule has 1 saturated heterocycles. The molecule has 0 aromatic carbocycles. The number of hydrogen-bond donors (Lipinski definition) is 1. The molecule has 2 aliphatic rings. The van der Waals surface area contributed by atoms with Crippen molar-refractivity contribution in [2.24, 2.45) is 0 Å². The van der Waals surface area contributed by atoms with Gasteiger partial charge < -0.3 is 10.2 Å². The zero-order chi connectivity index (χ0) is 13.1. The van der Waals surface area contributed by atoms with Crippen LogP contribution in [0.1, 0.15) is 48.9 Å². The van der Waals surface area contributed by atoms with Gasteiger partial charge in [-0.3, -0.25) is 4.79 Å². The number of nitrogens with zero attached hydrogens (tertiary/aromatic N) is 2. The van der Waals surface area contributed by atoms with E-state index < -0.39 is 0 Å². The topological polar surface area (TPSA) is 45.2 Å². The molecule has 1 saturated carbocycles. The zero-order valence-corrected chi connectivity index (χ0v) is 11.3. The third kappa shape index (κ3) is 3.06. The lowest BCUT2D eigenvalue weighted by molar-refractivity contribution is 0.0951. The summed E-state index contributed by atoms with van der Waals surface area (Å²) in [6.45, 7) is 2.03. The standard InChI is InChI=1S/C15H21N3O/c19-15(17-12-7-8-12)13-6-5-9-16-14(13)18-10-3-1-2-4-11-18/h5-6,9,12H,1-4,7-8,10-11H2,(H,17,19). The highest BCUT2D eigenvalue weighted by molar-refractivity contribution is 5.99. The number of carbonyl (C=O) groups is 1. The van der Waals surface area contributed by atoms with Crippen LogP contribution in [0.15, 0.2) is 18.3 Å². The number of carbonyl (C=O) groups excluding carboxylic acids is 1. The van der Waals surface area contributed by atoms with Crippen molar-refractivity contribution in [3.8, 4) is 0 Å². The Labute approximate surface area is 114 Å². The Balaban J connectivity index is 1.80. The predicted molar refractivity (Wildman–Crippen MR) is 75.4 cm³/mol. The van der Waals surface area contributed by atoms with Crippen LogP contribution < -0.4 is 10.2 Å². The molecule has 1 aliphatic heterocycles. The van der Waals surface area contributed by atoms with Crippen molar-refractivity contribution in [3.05, 3.63) is 23.9 Å². The molecule has 19 heavy (non-hydrogen) atoms. The average molecular weight is 259 g/mol. The van der Waals surface area contributed by atoms with Gasteiger partial charge in [0.05, 0.1) is 5.56 Å². The summed E-state index contributed by atoms with van der Waals surface area (Å²) in [5, 5.41) is 3.06. The summed E-state index contributed by atoms with van der Waals surface area (Å²) in [7, 11) is 0. The average Bonchev–Trinajstić information content (AvgIpc) is 3.25. The summed E-state index contributed by atoms with van der Waals surface area (Å²) in [6, 6.07) is 4.14. The predicted octanol–water partition coefficient (Wildman–Crippen LogP) is 2.35. The molecule has 3 rings (SSSR count). The molecule has 2 fully saturated rings. The lowest BCUT2D eigenvalue weighted by atomic mass is 10.2. The van der Waals surface area contributed by atoms with Gasteiger partial charge in [-0.05, 0) is 37.8 Å². The molecule has 4 nitrogen and oxygen atoms in total. The number of hydrogen-bond acceptors (Lipinski definition) is 3. The molecule has 0 radical (unpaired) electrons. The van der Waals surface area contributed by atoms with E-state index in [0.29, 0.717) is 6.04 Å². The fourth-order valence-electron chi connectivity index (χ4n) is 2.60. The van der Waals surface area contributed by atoms with E-state index in [0.717, 1.165) is 37.3 Å². The molecule has 1 aliphatic carbocycles. The number of anilines is 1. The van der Waals surface area contributed by atoms with Crippen molar-refractivity contribution in [2.45, 2.75) is 44.6 Å². The number of aromatic nitrogens is 1. The smallest absolute Gasteiger partial charge is 0.255 e. The minimum atomic E-state index is 0.0369. The molecule has 2 heterocycles. The fraction of sp³-hybridized carbons (Fsp3) is 0.600. The highest BCUT2D eigenvalue weighted by Crippen LogP contribution is 2.23.